The number of rotatable bonds is 3. The summed E-state index contributed by atoms with van der Waals surface area (Å²) in [5.74, 6) is 0.149. The van der Waals surface area contributed by atoms with Gasteiger partial charge in [0.2, 0.25) is 5.55 Å². The molecule has 5 heteroatoms. The topological polar surface area (TPSA) is 75.3 Å². The number of nitrogens with one attached hydrogen (secondary N) is 2. The second-order valence-corrected chi connectivity index (χ2v) is 5.19. The Morgan fingerprint density at radius 3 is 2.70 bits per heavy atom. The monoisotopic (exact) mass is 308 g/mol. The van der Waals surface area contributed by atoms with E-state index in [1.54, 1.807) is 18.2 Å². The van der Waals surface area contributed by atoms with Crippen LogP contribution < -0.4 is 15.6 Å². The molecule has 23 heavy (non-hydrogen) atoms. The predicted octanol–water partition coefficient (Wildman–Crippen LogP) is 3.48. The van der Waals surface area contributed by atoms with Crippen LogP contribution in [-0.4, -0.2) is 13.0 Å². The number of benzene rings is 2. The first kappa shape index (κ1) is 14.8. The van der Waals surface area contributed by atoms with Crippen molar-refractivity contribution in [1.82, 2.24) is 0 Å². The van der Waals surface area contributed by atoms with Crippen molar-refractivity contribution in [3.05, 3.63) is 65.2 Å². The fraction of sp³-hybridized carbons (Fsp3) is 0.111. The van der Waals surface area contributed by atoms with E-state index in [2.05, 4.69) is 5.32 Å². The molecule has 116 valence electrons. The van der Waals surface area contributed by atoms with Crippen molar-refractivity contribution >= 4 is 22.6 Å². The summed E-state index contributed by atoms with van der Waals surface area (Å²) in [6.45, 7) is 1.95. The lowest BCUT2D eigenvalue weighted by atomic mass is 10.1. The second kappa shape index (κ2) is 5.96. The summed E-state index contributed by atoms with van der Waals surface area (Å²) >= 11 is 0. The van der Waals surface area contributed by atoms with Crippen LogP contribution in [0, 0.1) is 12.3 Å². The number of hydrogen-bond acceptors (Lipinski definition) is 4. The number of carbonyl (C=O) groups excluding carboxylic acids is 1. The minimum absolute atomic E-state index is 0.173. The quantitative estimate of drug-likeness (QED) is 0.777. The average molecular weight is 308 g/mol. The molecule has 0 fully saturated rings. The zero-order chi connectivity index (χ0) is 16.4. The molecule has 1 aromatic heterocycles. The minimum Gasteiger partial charge on any atom is -0.493 e. The van der Waals surface area contributed by atoms with Crippen molar-refractivity contribution < 1.29 is 13.9 Å². The third-order valence-corrected chi connectivity index (χ3v) is 3.50. The Kier molecular flexibility index (Phi) is 3.85. The highest BCUT2D eigenvalue weighted by Gasteiger charge is 2.13. The Bertz CT molecular complexity index is 944. The number of aryl methyl sites for hydroxylation is 1. The van der Waals surface area contributed by atoms with Gasteiger partial charge in [0.05, 0.1) is 7.11 Å². The van der Waals surface area contributed by atoms with Gasteiger partial charge in [-0.05, 0) is 36.8 Å². The molecule has 0 bridgehead atoms. The number of ether oxygens (including phenoxy) is 1. The van der Waals surface area contributed by atoms with Crippen LogP contribution >= 0.6 is 0 Å². The molecule has 0 saturated carbocycles. The van der Waals surface area contributed by atoms with Crippen molar-refractivity contribution in [3.63, 3.8) is 0 Å². The molecular weight excluding hydrogens is 292 g/mol. The summed E-state index contributed by atoms with van der Waals surface area (Å²) in [7, 11) is 1.53. The molecule has 3 rings (SSSR count). The molecule has 1 amide bonds. The number of methoxy groups -OCH3 is 1. The van der Waals surface area contributed by atoms with Gasteiger partial charge in [-0.3, -0.25) is 10.2 Å². The van der Waals surface area contributed by atoms with Crippen molar-refractivity contribution in [2.75, 3.05) is 12.4 Å². The lowest BCUT2D eigenvalue weighted by Crippen LogP contribution is -2.20. The third-order valence-electron chi connectivity index (χ3n) is 3.50. The lowest BCUT2D eigenvalue weighted by Gasteiger charge is -2.08. The summed E-state index contributed by atoms with van der Waals surface area (Å²) in [4.78, 5) is 12.4. The van der Waals surface area contributed by atoms with Crippen LogP contribution in [0.5, 0.6) is 5.75 Å². The van der Waals surface area contributed by atoms with Gasteiger partial charge in [-0.1, -0.05) is 24.3 Å². The molecule has 5 nitrogen and oxygen atoms in total. The molecule has 0 aliphatic heterocycles. The van der Waals surface area contributed by atoms with Crippen LogP contribution in [0.25, 0.3) is 11.0 Å². The highest BCUT2D eigenvalue weighted by molar-refractivity contribution is 6.05. The van der Waals surface area contributed by atoms with Crippen LogP contribution in [0.15, 0.2) is 52.9 Å². The highest BCUT2D eigenvalue weighted by Crippen LogP contribution is 2.24. The summed E-state index contributed by atoms with van der Waals surface area (Å²) < 4.78 is 10.7. The van der Waals surface area contributed by atoms with Gasteiger partial charge in [0, 0.05) is 11.1 Å². The molecule has 0 aliphatic rings. The van der Waals surface area contributed by atoms with E-state index >= 15 is 0 Å². The Balaban J connectivity index is 2.01. The summed E-state index contributed by atoms with van der Waals surface area (Å²) in [5, 5.41) is 11.5. The van der Waals surface area contributed by atoms with E-state index in [1.807, 2.05) is 37.3 Å². The number of fused-ring (bicyclic) bond motifs is 1. The average Bonchev–Trinajstić information content (AvgIpc) is 2.53. The zero-order valence-electron chi connectivity index (χ0n) is 12.8. The van der Waals surface area contributed by atoms with E-state index in [9.17, 15) is 4.79 Å². The Morgan fingerprint density at radius 1 is 1.17 bits per heavy atom. The van der Waals surface area contributed by atoms with Gasteiger partial charge in [0.25, 0.3) is 5.91 Å². The fourth-order valence-corrected chi connectivity index (χ4v) is 2.38. The molecule has 0 saturated heterocycles. The SMILES string of the molecule is COc1cccc2cc(C(=O)Nc3cccc(C)c3)c(=N)oc12. The van der Waals surface area contributed by atoms with Gasteiger partial charge in [0.15, 0.2) is 11.3 Å². The van der Waals surface area contributed by atoms with E-state index < -0.39 is 0 Å². The van der Waals surface area contributed by atoms with Gasteiger partial charge in [-0.2, -0.15) is 0 Å². The van der Waals surface area contributed by atoms with E-state index in [0.29, 0.717) is 22.4 Å². The zero-order valence-corrected chi connectivity index (χ0v) is 12.8. The third kappa shape index (κ3) is 2.94. The summed E-state index contributed by atoms with van der Waals surface area (Å²) in [6.07, 6.45) is 0. The number of amides is 1. The van der Waals surface area contributed by atoms with Crippen molar-refractivity contribution in [3.8, 4) is 5.75 Å². The summed E-state index contributed by atoms with van der Waals surface area (Å²) in [5.41, 5.74) is 2.15. The van der Waals surface area contributed by atoms with Crippen LogP contribution in [0.1, 0.15) is 15.9 Å². The second-order valence-electron chi connectivity index (χ2n) is 5.19. The maximum absolute atomic E-state index is 12.4. The smallest absolute Gasteiger partial charge is 0.261 e. The standard InChI is InChI=1S/C18H16N2O3/c1-11-5-3-7-13(9-11)20-18(21)14-10-12-6-4-8-15(22-2)16(12)23-17(14)19/h3-10,19H,1-2H3,(H,20,21). The number of anilines is 1. The molecule has 0 aliphatic carbocycles. The van der Waals surface area contributed by atoms with Crippen molar-refractivity contribution in [2.24, 2.45) is 0 Å². The van der Waals surface area contributed by atoms with Crippen molar-refractivity contribution in [1.29, 1.82) is 5.41 Å². The Labute approximate surface area is 133 Å². The van der Waals surface area contributed by atoms with E-state index in [1.165, 1.54) is 7.11 Å². The van der Waals surface area contributed by atoms with Gasteiger partial charge in [-0.15, -0.1) is 0 Å². The van der Waals surface area contributed by atoms with Crippen LogP contribution in [0.2, 0.25) is 0 Å². The molecule has 3 aromatic rings. The number of hydrogen-bond donors (Lipinski definition) is 2. The maximum Gasteiger partial charge on any atom is 0.261 e. The van der Waals surface area contributed by atoms with Crippen LogP contribution in [0.3, 0.4) is 0 Å². The Morgan fingerprint density at radius 2 is 1.96 bits per heavy atom. The predicted molar refractivity (Wildman–Crippen MR) is 87.8 cm³/mol. The minimum atomic E-state index is -0.380. The van der Waals surface area contributed by atoms with Crippen LogP contribution in [-0.2, 0) is 0 Å². The molecule has 0 atom stereocenters. The first-order chi connectivity index (χ1) is 11.1. The lowest BCUT2D eigenvalue weighted by molar-refractivity contribution is 0.102. The maximum atomic E-state index is 12.4. The molecule has 0 spiro atoms. The fourth-order valence-electron chi connectivity index (χ4n) is 2.38. The molecule has 0 radical (unpaired) electrons. The number of carbonyl (C=O) groups is 1. The van der Waals surface area contributed by atoms with Gasteiger partial charge in [-0.25, -0.2) is 0 Å². The Hall–Kier alpha value is -3.08. The van der Waals surface area contributed by atoms with Crippen LogP contribution in [0.4, 0.5) is 5.69 Å². The van der Waals surface area contributed by atoms with Gasteiger partial charge >= 0.3 is 0 Å². The van der Waals surface area contributed by atoms with Crippen molar-refractivity contribution in [2.45, 2.75) is 6.92 Å². The molecule has 0 unspecified atom stereocenters. The van der Waals surface area contributed by atoms with E-state index in [4.69, 9.17) is 14.6 Å². The molecule has 2 aromatic carbocycles. The van der Waals surface area contributed by atoms with E-state index in [0.717, 1.165) is 5.56 Å². The first-order valence-corrected chi connectivity index (χ1v) is 7.12. The summed E-state index contributed by atoms with van der Waals surface area (Å²) in [6, 6.07) is 14.5. The molecule has 1 heterocycles. The van der Waals surface area contributed by atoms with E-state index in [-0.39, 0.29) is 17.0 Å². The first-order valence-electron chi connectivity index (χ1n) is 7.12. The highest BCUT2D eigenvalue weighted by atomic mass is 16.5. The van der Waals surface area contributed by atoms with Gasteiger partial charge in [0.1, 0.15) is 5.56 Å². The largest absolute Gasteiger partial charge is 0.493 e. The molecular formula is C18H16N2O3. The normalized spacial score (nSPS) is 10.5. The van der Waals surface area contributed by atoms with Gasteiger partial charge < -0.3 is 14.5 Å². The molecule has 2 N–H and O–H groups in total. The number of para-hydroxylation sites is 1.